The number of fused-ring (bicyclic) bond motifs is 9. The van der Waals surface area contributed by atoms with E-state index in [4.69, 9.17) is 23.8 Å². The van der Waals surface area contributed by atoms with Gasteiger partial charge in [0.25, 0.3) is 0 Å². The van der Waals surface area contributed by atoms with Gasteiger partial charge >= 0.3 is 0 Å². The van der Waals surface area contributed by atoms with Crippen molar-refractivity contribution in [2.45, 2.75) is 0 Å². The summed E-state index contributed by atoms with van der Waals surface area (Å²) in [5.74, 6) is 1.84. The van der Waals surface area contributed by atoms with Crippen molar-refractivity contribution >= 4 is 76.2 Å². The Labute approximate surface area is 390 Å². The predicted octanol–water partition coefficient (Wildman–Crippen LogP) is 17.1. The van der Waals surface area contributed by atoms with E-state index in [0.29, 0.717) is 17.5 Å². The van der Waals surface area contributed by atoms with Gasteiger partial charge in [-0.3, -0.25) is 0 Å². The summed E-state index contributed by atoms with van der Waals surface area (Å²) >= 11 is 0. The molecule has 316 valence electrons. The van der Waals surface area contributed by atoms with Crippen LogP contribution in [0.3, 0.4) is 0 Å². The molecule has 0 bridgehead atoms. The van der Waals surface area contributed by atoms with Gasteiger partial charge in [0.1, 0.15) is 22.3 Å². The molecule has 14 aromatic rings. The normalized spacial score (nSPS) is 11.8. The van der Waals surface area contributed by atoms with Gasteiger partial charge < -0.3 is 8.83 Å². The lowest BCUT2D eigenvalue weighted by Crippen LogP contribution is -2.01. The van der Waals surface area contributed by atoms with Crippen molar-refractivity contribution in [2.24, 2.45) is 0 Å². The number of rotatable bonds is 6. The van der Waals surface area contributed by atoms with Gasteiger partial charge in [0.15, 0.2) is 17.5 Å². The Morgan fingerprint density at radius 2 is 0.721 bits per heavy atom. The van der Waals surface area contributed by atoms with E-state index >= 15 is 0 Å². The monoisotopic (exact) mass is 867 g/mol. The first-order valence-electron chi connectivity index (χ1n) is 22.9. The summed E-state index contributed by atoms with van der Waals surface area (Å²) < 4.78 is 12.9. The van der Waals surface area contributed by atoms with Crippen molar-refractivity contribution in [1.29, 1.82) is 0 Å². The Bertz CT molecular complexity index is 4330. The molecule has 0 aliphatic rings. The van der Waals surface area contributed by atoms with Crippen molar-refractivity contribution in [3.05, 3.63) is 224 Å². The molecule has 0 spiro atoms. The minimum Gasteiger partial charge on any atom is -0.456 e. The summed E-state index contributed by atoms with van der Waals surface area (Å²) in [5.41, 5.74) is 12.9. The fourth-order valence-electron chi connectivity index (χ4n) is 10.1. The summed E-state index contributed by atoms with van der Waals surface area (Å²) in [6, 6.07) is 78.9. The summed E-state index contributed by atoms with van der Waals surface area (Å²) in [7, 11) is 0. The van der Waals surface area contributed by atoms with E-state index < -0.39 is 0 Å². The second-order valence-electron chi connectivity index (χ2n) is 17.5. The Balaban J connectivity index is 0.902. The van der Waals surface area contributed by atoms with Crippen molar-refractivity contribution in [3.63, 3.8) is 0 Å². The second-order valence-corrected chi connectivity index (χ2v) is 17.5. The van der Waals surface area contributed by atoms with Crippen LogP contribution in [0.5, 0.6) is 0 Å². The quantitative estimate of drug-likeness (QED) is 0.167. The fourth-order valence-corrected chi connectivity index (χ4v) is 10.1. The van der Waals surface area contributed by atoms with Gasteiger partial charge in [0, 0.05) is 38.2 Å². The third-order valence-electron chi connectivity index (χ3n) is 13.5. The maximum atomic E-state index is 6.56. The zero-order valence-electron chi connectivity index (χ0n) is 36.5. The first kappa shape index (κ1) is 38.1. The van der Waals surface area contributed by atoms with E-state index in [9.17, 15) is 0 Å². The molecule has 5 nitrogen and oxygen atoms in total. The molecule has 5 heteroatoms. The van der Waals surface area contributed by atoms with Crippen LogP contribution in [0.2, 0.25) is 0 Å². The lowest BCUT2D eigenvalue weighted by atomic mass is 9.92. The molecule has 0 saturated carbocycles. The van der Waals surface area contributed by atoms with Gasteiger partial charge in [0.05, 0.1) is 0 Å². The molecule has 0 atom stereocenters. The highest BCUT2D eigenvalue weighted by molar-refractivity contribution is 6.17. The number of benzene rings is 11. The van der Waals surface area contributed by atoms with Crippen molar-refractivity contribution < 1.29 is 8.83 Å². The minimum atomic E-state index is 0.609. The number of hydrogen-bond acceptors (Lipinski definition) is 5. The summed E-state index contributed by atoms with van der Waals surface area (Å²) in [4.78, 5) is 15.7. The van der Waals surface area contributed by atoms with Gasteiger partial charge in [-0.1, -0.05) is 176 Å². The molecule has 0 saturated heterocycles. The third kappa shape index (κ3) is 6.28. The highest BCUT2D eigenvalue weighted by Gasteiger charge is 2.19. The van der Waals surface area contributed by atoms with Crippen LogP contribution in [0.4, 0.5) is 0 Å². The van der Waals surface area contributed by atoms with Crippen LogP contribution in [-0.4, -0.2) is 15.0 Å². The summed E-state index contributed by atoms with van der Waals surface area (Å²) in [6.45, 7) is 0. The van der Waals surface area contributed by atoms with Gasteiger partial charge in [-0.15, -0.1) is 0 Å². The van der Waals surface area contributed by atoms with E-state index in [1.165, 1.54) is 10.8 Å². The third-order valence-corrected chi connectivity index (χ3v) is 13.5. The average molecular weight is 868 g/mol. The van der Waals surface area contributed by atoms with E-state index in [2.05, 4.69) is 212 Å². The molecule has 14 rings (SSSR count). The van der Waals surface area contributed by atoms with Crippen molar-refractivity contribution in [1.82, 2.24) is 15.0 Å². The number of furan rings is 2. The van der Waals surface area contributed by atoms with Crippen LogP contribution < -0.4 is 0 Å². The molecule has 0 N–H and O–H groups in total. The number of nitrogens with zero attached hydrogens (tertiary/aromatic N) is 3. The summed E-state index contributed by atoms with van der Waals surface area (Å²) in [5, 5.41) is 11.2. The topological polar surface area (TPSA) is 65.0 Å². The SMILES string of the molecule is c1ccc2cc(-c3ccc(-c4nc(-c5ccc6ccccc6c5)nc(-c5cccc6c(-c7cccc8oc9ccc(-c%10ccc%11c(c%10)oc%10ccccc%10%11)cc9c78)cccc56)n4)cc3)ccc2c1. The Kier molecular flexibility index (Phi) is 8.52. The van der Waals surface area contributed by atoms with Gasteiger partial charge in [-0.05, 0) is 114 Å². The maximum Gasteiger partial charge on any atom is 0.164 e. The van der Waals surface area contributed by atoms with Crippen LogP contribution in [0.25, 0.3) is 144 Å². The number of hydrogen-bond donors (Lipinski definition) is 0. The average Bonchev–Trinajstić information content (AvgIpc) is 3.98. The minimum absolute atomic E-state index is 0.609. The zero-order valence-corrected chi connectivity index (χ0v) is 36.5. The first-order chi connectivity index (χ1) is 33.6. The largest absolute Gasteiger partial charge is 0.456 e. The maximum absolute atomic E-state index is 6.56. The lowest BCUT2D eigenvalue weighted by molar-refractivity contribution is 0.669. The zero-order chi connectivity index (χ0) is 44.7. The van der Waals surface area contributed by atoms with E-state index in [1.807, 2.05) is 12.1 Å². The highest BCUT2D eigenvalue weighted by atomic mass is 16.3. The molecule has 0 fully saturated rings. The van der Waals surface area contributed by atoms with Crippen molar-refractivity contribution in [3.8, 4) is 67.5 Å². The molecule has 11 aromatic carbocycles. The van der Waals surface area contributed by atoms with E-state index in [-0.39, 0.29) is 0 Å². The molecule has 0 radical (unpaired) electrons. The van der Waals surface area contributed by atoms with Crippen LogP contribution in [0.15, 0.2) is 233 Å². The van der Waals surface area contributed by atoms with Gasteiger partial charge in [-0.25, -0.2) is 15.0 Å². The van der Waals surface area contributed by atoms with E-state index in [0.717, 1.165) is 115 Å². The van der Waals surface area contributed by atoms with Gasteiger partial charge in [0.2, 0.25) is 0 Å². The van der Waals surface area contributed by atoms with E-state index in [1.54, 1.807) is 0 Å². The molecule has 0 unspecified atom stereocenters. The molecule has 0 aliphatic carbocycles. The highest BCUT2D eigenvalue weighted by Crippen LogP contribution is 2.43. The predicted molar refractivity (Wildman–Crippen MR) is 280 cm³/mol. The molecular weight excluding hydrogens is 831 g/mol. The molecule has 0 amide bonds. The second kappa shape index (κ2) is 15.2. The fraction of sp³-hybridized carbons (Fsp3) is 0. The summed E-state index contributed by atoms with van der Waals surface area (Å²) in [6.07, 6.45) is 0. The van der Waals surface area contributed by atoms with Crippen LogP contribution in [-0.2, 0) is 0 Å². The van der Waals surface area contributed by atoms with Crippen LogP contribution in [0.1, 0.15) is 0 Å². The Hall–Kier alpha value is -9.19. The molecular formula is C63H37N3O2. The van der Waals surface area contributed by atoms with Gasteiger partial charge in [-0.2, -0.15) is 0 Å². The first-order valence-corrected chi connectivity index (χ1v) is 22.9. The number of aromatic nitrogens is 3. The molecule has 0 aliphatic heterocycles. The standard InChI is InChI=1S/C63H37N3O2/c1-3-12-42-34-44(28-24-38(42)10-1)40-22-26-41(27-23-40)61-64-62(47-29-25-39-11-2-4-13-43(39)35-47)66-63(65-61)54-19-8-15-48-49(16-7-17-50(48)54)53-18-9-21-58-60(53)55-36-45(31-33-57(55)67-58)46-30-32-52-51-14-5-6-20-56(51)68-59(52)37-46/h1-37H. The van der Waals surface area contributed by atoms with Crippen LogP contribution in [0, 0.1) is 0 Å². The van der Waals surface area contributed by atoms with Crippen molar-refractivity contribution in [2.75, 3.05) is 0 Å². The number of para-hydroxylation sites is 1. The smallest absolute Gasteiger partial charge is 0.164 e. The molecule has 68 heavy (non-hydrogen) atoms. The molecule has 3 aromatic heterocycles. The Morgan fingerprint density at radius 1 is 0.235 bits per heavy atom. The lowest BCUT2D eigenvalue weighted by Gasteiger charge is -2.13. The van der Waals surface area contributed by atoms with Crippen LogP contribution >= 0.6 is 0 Å². The Morgan fingerprint density at radius 3 is 1.53 bits per heavy atom. The molecule has 3 heterocycles.